The number of ether oxygens (including phenoxy) is 1. The van der Waals surface area contributed by atoms with Gasteiger partial charge in [0.2, 0.25) is 5.88 Å². The van der Waals surface area contributed by atoms with Crippen molar-refractivity contribution in [3.05, 3.63) is 71.9 Å². The molecule has 5 heteroatoms. The zero-order valence-electron chi connectivity index (χ0n) is 18.0. The summed E-state index contributed by atoms with van der Waals surface area (Å²) in [5, 5.41) is 15.3. The van der Waals surface area contributed by atoms with Crippen LogP contribution in [0, 0.1) is 12.8 Å². The Morgan fingerprint density at radius 3 is 2.30 bits per heavy atom. The van der Waals surface area contributed by atoms with Gasteiger partial charge >= 0.3 is 0 Å². The van der Waals surface area contributed by atoms with Crippen molar-refractivity contribution < 1.29 is 9.84 Å². The minimum Gasteiger partial charge on any atom is -0.439 e. The molecule has 0 bridgehead atoms. The SMILES string of the molecule is Cc1nn(-c2ccccc2)c(Oc2ccccc2)c1CN(CC(O)C(C)C)C1CC1. The average molecular weight is 406 g/mol. The van der Waals surface area contributed by atoms with Gasteiger partial charge in [-0.1, -0.05) is 50.2 Å². The molecular formula is C25H31N3O2. The van der Waals surface area contributed by atoms with Gasteiger partial charge in [-0.15, -0.1) is 0 Å². The summed E-state index contributed by atoms with van der Waals surface area (Å²) in [4.78, 5) is 2.39. The number of rotatable bonds is 9. The zero-order chi connectivity index (χ0) is 21.1. The van der Waals surface area contributed by atoms with Gasteiger partial charge in [0.25, 0.3) is 0 Å². The fraction of sp³-hybridized carbons (Fsp3) is 0.400. The van der Waals surface area contributed by atoms with Crippen LogP contribution in [0.5, 0.6) is 11.6 Å². The minimum atomic E-state index is -0.339. The number of aliphatic hydroxyl groups excluding tert-OH is 1. The third-order valence-corrected chi connectivity index (χ3v) is 5.71. The molecule has 5 nitrogen and oxygen atoms in total. The highest BCUT2D eigenvalue weighted by Gasteiger charge is 2.33. The van der Waals surface area contributed by atoms with E-state index < -0.39 is 0 Å². The van der Waals surface area contributed by atoms with Crippen LogP contribution >= 0.6 is 0 Å². The molecule has 0 spiro atoms. The second-order valence-corrected chi connectivity index (χ2v) is 8.50. The Kier molecular flexibility index (Phi) is 6.21. The molecule has 3 aromatic rings. The highest BCUT2D eigenvalue weighted by atomic mass is 16.5. The summed E-state index contributed by atoms with van der Waals surface area (Å²) in [6.07, 6.45) is 2.03. The van der Waals surface area contributed by atoms with Gasteiger partial charge in [-0.25, -0.2) is 4.68 Å². The molecule has 1 unspecified atom stereocenters. The summed E-state index contributed by atoms with van der Waals surface area (Å²) in [7, 11) is 0. The standard InChI is InChI=1S/C25H31N3O2/c1-18(2)24(29)17-27(20-14-15-20)16-23-19(3)26-28(21-10-6-4-7-11-21)25(23)30-22-12-8-5-9-13-22/h4-13,18,20,24,29H,14-17H2,1-3H3. The van der Waals surface area contributed by atoms with Crippen LogP contribution in [0.25, 0.3) is 5.69 Å². The van der Waals surface area contributed by atoms with Crippen LogP contribution in [0.4, 0.5) is 0 Å². The lowest BCUT2D eigenvalue weighted by atomic mass is 10.1. The van der Waals surface area contributed by atoms with E-state index in [1.165, 1.54) is 12.8 Å². The maximum atomic E-state index is 10.5. The second kappa shape index (κ2) is 9.02. The summed E-state index contributed by atoms with van der Waals surface area (Å²) >= 11 is 0. The number of hydrogen-bond acceptors (Lipinski definition) is 4. The maximum Gasteiger partial charge on any atom is 0.227 e. The molecule has 0 amide bonds. The summed E-state index contributed by atoms with van der Waals surface area (Å²) in [6, 6.07) is 20.5. The highest BCUT2D eigenvalue weighted by molar-refractivity contribution is 5.43. The van der Waals surface area contributed by atoms with Gasteiger partial charge < -0.3 is 9.84 Å². The van der Waals surface area contributed by atoms with E-state index in [2.05, 4.69) is 18.7 Å². The Hall–Kier alpha value is -2.63. The van der Waals surface area contributed by atoms with Gasteiger partial charge in [0.15, 0.2) is 0 Å². The van der Waals surface area contributed by atoms with Crippen LogP contribution in [0.2, 0.25) is 0 Å². The van der Waals surface area contributed by atoms with Crippen molar-refractivity contribution in [2.45, 2.75) is 52.3 Å². The lowest BCUT2D eigenvalue weighted by molar-refractivity contribution is 0.0693. The van der Waals surface area contributed by atoms with Crippen LogP contribution in [-0.2, 0) is 6.54 Å². The Morgan fingerprint density at radius 1 is 1.07 bits per heavy atom. The molecule has 1 aromatic heterocycles. The summed E-state index contributed by atoms with van der Waals surface area (Å²) in [5.41, 5.74) is 3.00. The predicted octanol–water partition coefficient (Wildman–Crippen LogP) is 4.95. The van der Waals surface area contributed by atoms with Crippen molar-refractivity contribution in [2.24, 2.45) is 5.92 Å². The van der Waals surface area contributed by atoms with Crippen LogP contribution in [-0.4, -0.2) is 38.5 Å². The van der Waals surface area contributed by atoms with Crippen molar-refractivity contribution in [1.82, 2.24) is 14.7 Å². The molecule has 1 saturated carbocycles. The van der Waals surface area contributed by atoms with Crippen LogP contribution < -0.4 is 4.74 Å². The minimum absolute atomic E-state index is 0.236. The molecule has 2 aromatic carbocycles. The van der Waals surface area contributed by atoms with Crippen molar-refractivity contribution in [3.8, 4) is 17.3 Å². The fourth-order valence-corrected chi connectivity index (χ4v) is 3.61. The fourth-order valence-electron chi connectivity index (χ4n) is 3.61. The molecule has 0 saturated heterocycles. The van der Waals surface area contributed by atoms with E-state index >= 15 is 0 Å². The topological polar surface area (TPSA) is 50.5 Å². The largest absolute Gasteiger partial charge is 0.439 e. The number of benzene rings is 2. The van der Waals surface area contributed by atoms with E-state index in [0.717, 1.165) is 35.1 Å². The number of nitrogens with zero attached hydrogens (tertiary/aromatic N) is 3. The number of aliphatic hydroxyl groups is 1. The zero-order valence-corrected chi connectivity index (χ0v) is 18.0. The van der Waals surface area contributed by atoms with E-state index in [9.17, 15) is 5.11 Å². The van der Waals surface area contributed by atoms with E-state index in [-0.39, 0.29) is 12.0 Å². The first kappa shape index (κ1) is 20.6. The molecule has 1 aliphatic rings. The van der Waals surface area contributed by atoms with Crippen molar-refractivity contribution in [2.75, 3.05) is 6.54 Å². The van der Waals surface area contributed by atoms with Gasteiger partial charge in [0.1, 0.15) is 5.75 Å². The van der Waals surface area contributed by atoms with E-state index in [0.29, 0.717) is 12.6 Å². The first-order valence-corrected chi connectivity index (χ1v) is 10.8. The number of para-hydroxylation sites is 2. The molecule has 1 aliphatic carbocycles. The number of hydrogen-bond donors (Lipinski definition) is 1. The van der Waals surface area contributed by atoms with Crippen LogP contribution in [0.1, 0.15) is 37.9 Å². The van der Waals surface area contributed by atoms with Crippen molar-refractivity contribution >= 4 is 0 Å². The van der Waals surface area contributed by atoms with Gasteiger partial charge in [0.05, 0.1) is 23.0 Å². The van der Waals surface area contributed by atoms with Crippen molar-refractivity contribution in [1.29, 1.82) is 0 Å². The Labute approximate surface area is 178 Å². The Bertz CT molecular complexity index is 949. The molecule has 0 radical (unpaired) electrons. The van der Waals surface area contributed by atoms with Crippen LogP contribution in [0.3, 0.4) is 0 Å². The first-order chi connectivity index (χ1) is 14.5. The molecule has 1 heterocycles. The summed E-state index contributed by atoms with van der Waals surface area (Å²) in [5.74, 6) is 1.77. The number of aromatic nitrogens is 2. The molecule has 1 N–H and O–H groups in total. The van der Waals surface area contributed by atoms with Crippen LogP contribution in [0.15, 0.2) is 60.7 Å². The normalized spacial score (nSPS) is 15.0. The summed E-state index contributed by atoms with van der Waals surface area (Å²) < 4.78 is 8.27. The molecule has 30 heavy (non-hydrogen) atoms. The Balaban J connectivity index is 1.70. The van der Waals surface area contributed by atoms with Crippen molar-refractivity contribution in [3.63, 3.8) is 0 Å². The molecular weight excluding hydrogens is 374 g/mol. The third kappa shape index (κ3) is 4.74. The quantitative estimate of drug-likeness (QED) is 0.547. The van der Waals surface area contributed by atoms with Gasteiger partial charge in [-0.3, -0.25) is 4.90 Å². The second-order valence-electron chi connectivity index (χ2n) is 8.50. The average Bonchev–Trinajstić information content (AvgIpc) is 3.56. The lowest BCUT2D eigenvalue weighted by Gasteiger charge is -2.27. The molecule has 158 valence electrons. The van der Waals surface area contributed by atoms with E-state index in [1.807, 2.05) is 72.3 Å². The van der Waals surface area contributed by atoms with Gasteiger partial charge in [-0.05, 0) is 49.9 Å². The Morgan fingerprint density at radius 2 is 1.70 bits per heavy atom. The lowest BCUT2D eigenvalue weighted by Crippen LogP contribution is -2.36. The van der Waals surface area contributed by atoms with E-state index in [4.69, 9.17) is 9.84 Å². The maximum absolute atomic E-state index is 10.5. The number of aryl methyl sites for hydroxylation is 1. The monoisotopic (exact) mass is 405 g/mol. The highest BCUT2D eigenvalue weighted by Crippen LogP contribution is 2.35. The molecule has 1 atom stereocenters. The van der Waals surface area contributed by atoms with E-state index in [1.54, 1.807) is 0 Å². The third-order valence-electron chi connectivity index (χ3n) is 5.71. The van der Waals surface area contributed by atoms with Gasteiger partial charge in [-0.2, -0.15) is 5.10 Å². The molecule has 0 aliphatic heterocycles. The predicted molar refractivity (Wildman–Crippen MR) is 119 cm³/mol. The summed E-state index contributed by atoms with van der Waals surface area (Å²) in [6.45, 7) is 7.56. The molecule has 4 rings (SSSR count). The first-order valence-electron chi connectivity index (χ1n) is 10.8. The molecule has 1 fully saturated rings. The van der Waals surface area contributed by atoms with Gasteiger partial charge in [0, 0.05) is 19.1 Å². The smallest absolute Gasteiger partial charge is 0.227 e.